The maximum Gasteiger partial charge on any atom is 0.256 e. The Hall–Kier alpha value is -1.55. The third-order valence-corrected chi connectivity index (χ3v) is 4.74. The van der Waals surface area contributed by atoms with E-state index < -0.39 is 0 Å². The SMILES string of the molecule is CN1C(=O)CN(C2CCCCC2)C(=O)c2cc(Cl)ccc21. The van der Waals surface area contributed by atoms with E-state index in [4.69, 9.17) is 11.6 Å². The minimum atomic E-state index is -0.0721. The summed E-state index contributed by atoms with van der Waals surface area (Å²) in [6.07, 6.45) is 5.44. The van der Waals surface area contributed by atoms with Crippen LogP contribution in [-0.2, 0) is 4.79 Å². The molecule has 5 heteroatoms. The number of amides is 2. The normalized spacial score (nSPS) is 20.5. The van der Waals surface area contributed by atoms with E-state index in [9.17, 15) is 9.59 Å². The first-order valence-electron chi connectivity index (χ1n) is 7.45. The smallest absolute Gasteiger partial charge is 0.256 e. The van der Waals surface area contributed by atoms with Crippen molar-refractivity contribution in [2.75, 3.05) is 18.5 Å². The summed E-state index contributed by atoms with van der Waals surface area (Å²) in [6.45, 7) is 0.159. The molecule has 0 saturated heterocycles. The molecule has 0 N–H and O–H groups in total. The fraction of sp³-hybridized carbons (Fsp3) is 0.500. The fourth-order valence-corrected chi connectivity index (χ4v) is 3.44. The Labute approximate surface area is 129 Å². The topological polar surface area (TPSA) is 40.6 Å². The number of carbonyl (C=O) groups is 2. The monoisotopic (exact) mass is 306 g/mol. The van der Waals surface area contributed by atoms with Gasteiger partial charge in [0.2, 0.25) is 5.91 Å². The van der Waals surface area contributed by atoms with Crippen LogP contribution in [0.2, 0.25) is 5.02 Å². The zero-order valence-electron chi connectivity index (χ0n) is 12.1. The van der Waals surface area contributed by atoms with Crippen molar-refractivity contribution in [1.29, 1.82) is 0 Å². The summed E-state index contributed by atoms with van der Waals surface area (Å²) >= 11 is 6.04. The number of carbonyl (C=O) groups excluding carboxylic acids is 2. The van der Waals surface area contributed by atoms with Gasteiger partial charge in [-0.2, -0.15) is 0 Å². The van der Waals surface area contributed by atoms with E-state index in [-0.39, 0.29) is 24.4 Å². The maximum absolute atomic E-state index is 12.9. The molecular weight excluding hydrogens is 288 g/mol. The van der Waals surface area contributed by atoms with Crippen LogP contribution in [0.5, 0.6) is 0 Å². The minimum Gasteiger partial charge on any atom is -0.326 e. The molecule has 1 aliphatic heterocycles. The van der Waals surface area contributed by atoms with Gasteiger partial charge in [0.1, 0.15) is 6.54 Å². The summed E-state index contributed by atoms with van der Waals surface area (Å²) in [5.74, 6) is -0.118. The quantitative estimate of drug-likeness (QED) is 0.800. The second kappa shape index (κ2) is 5.68. The zero-order valence-corrected chi connectivity index (χ0v) is 12.9. The summed E-state index contributed by atoms with van der Waals surface area (Å²) < 4.78 is 0. The van der Waals surface area contributed by atoms with Gasteiger partial charge in [-0.05, 0) is 31.0 Å². The standard InChI is InChI=1S/C16H19ClN2O2/c1-18-14-8-7-11(17)9-13(14)16(21)19(10-15(18)20)12-5-3-2-4-6-12/h7-9,12H,2-6,10H2,1H3. The second-order valence-corrected chi connectivity index (χ2v) is 6.28. The van der Waals surface area contributed by atoms with Gasteiger partial charge in [0.05, 0.1) is 11.3 Å². The molecule has 2 aliphatic rings. The number of hydrogen-bond acceptors (Lipinski definition) is 2. The van der Waals surface area contributed by atoms with Gasteiger partial charge in [-0.3, -0.25) is 9.59 Å². The predicted octanol–water partition coefficient (Wildman–Crippen LogP) is 3.09. The van der Waals surface area contributed by atoms with Crippen molar-refractivity contribution in [3.8, 4) is 0 Å². The van der Waals surface area contributed by atoms with Crippen LogP contribution < -0.4 is 4.90 Å². The van der Waals surface area contributed by atoms with E-state index in [2.05, 4.69) is 0 Å². The van der Waals surface area contributed by atoms with Gasteiger partial charge in [0, 0.05) is 18.1 Å². The largest absolute Gasteiger partial charge is 0.326 e. The minimum absolute atomic E-state index is 0.0463. The van der Waals surface area contributed by atoms with Crippen LogP contribution in [0.1, 0.15) is 42.5 Å². The van der Waals surface area contributed by atoms with Crippen molar-refractivity contribution in [1.82, 2.24) is 4.90 Å². The Morgan fingerprint density at radius 1 is 1.14 bits per heavy atom. The van der Waals surface area contributed by atoms with Gasteiger partial charge >= 0.3 is 0 Å². The van der Waals surface area contributed by atoms with E-state index in [0.717, 1.165) is 25.7 Å². The first kappa shape index (κ1) is 14.4. The van der Waals surface area contributed by atoms with Crippen LogP contribution in [-0.4, -0.2) is 36.3 Å². The average Bonchev–Trinajstić information content (AvgIpc) is 2.59. The summed E-state index contributed by atoms with van der Waals surface area (Å²) in [6, 6.07) is 5.31. The Balaban J connectivity index is 2.01. The predicted molar refractivity (Wildman–Crippen MR) is 82.8 cm³/mol. The van der Waals surface area contributed by atoms with E-state index in [1.165, 1.54) is 6.42 Å². The summed E-state index contributed by atoms with van der Waals surface area (Å²) in [4.78, 5) is 28.5. The van der Waals surface area contributed by atoms with E-state index >= 15 is 0 Å². The number of likely N-dealkylation sites (N-methyl/N-ethyl adjacent to an activating group) is 1. The van der Waals surface area contributed by atoms with Crippen LogP contribution in [0.25, 0.3) is 0 Å². The van der Waals surface area contributed by atoms with Crippen molar-refractivity contribution < 1.29 is 9.59 Å². The highest BCUT2D eigenvalue weighted by atomic mass is 35.5. The van der Waals surface area contributed by atoms with Gasteiger partial charge in [0.15, 0.2) is 0 Å². The average molecular weight is 307 g/mol. The van der Waals surface area contributed by atoms with Crippen molar-refractivity contribution in [3.05, 3.63) is 28.8 Å². The molecule has 1 aromatic rings. The highest BCUT2D eigenvalue weighted by molar-refractivity contribution is 6.31. The maximum atomic E-state index is 12.9. The molecule has 0 unspecified atom stereocenters. The lowest BCUT2D eigenvalue weighted by atomic mass is 9.93. The molecule has 1 aliphatic carbocycles. The molecule has 1 saturated carbocycles. The van der Waals surface area contributed by atoms with E-state index in [0.29, 0.717) is 16.3 Å². The molecule has 3 rings (SSSR count). The molecular formula is C16H19ClN2O2. The number of hydrogen-bond donors (Lipinski definition) is 0. The lowest BCUT2D eigenvalue weighted by Crippen LogP contribution is -2.45. The van der Waals surface area contributed by atoms with Gasteiger partial charge in [-0.1, -0.05) is 30.9 Å². The molecule has 0 atom stereocenters. The summed E-state index contributed by atoms with van der Waals surface area (Å²) in [5, 5.41) is 0.522. The van der Waals surface area contributed by atoms with Crippen molar-refractivity contribution in [2.24, 2.45) is 0 Å². The van der Waals surface area contributed by atoms with Crippen LogP contribution >= 0.6 is 11.6 Å². The third kappa shape index (κ3) is 2.64. The van der Waals surface area contributed by atoms with Crippen molar-refractivity contribution in [3.63, 3.8) is 0 Å². The van der Waals surface area contributed by atoms with Gasteiger partial charge < -0.3 is 9.80 Å². The molecule has 0 radical (unpaired) electrons. The Morgan fingerprint density at radius 2 is 1.86 bits per heavy atom. The summed E-state index contributed by atoms with van der Waals surface area (Å²) in [7, 11) is 1.72. The highest BCUT2D eigenvalue weighted by Crippen LogP contribution is 2.31. The highest BCUT2D eigenvalue weighted by Gasteiger charge is 2.34. The first-order chi connectivity index (χ1) is 10.1. The molecule has 4 nitrogen and oxygen atoms in total. The summed E-state index contributed by atoms with van der Waals surface area (Å²) in [5.41, 5.74) is 1.18. The number of anilines is 1. The van der Waals surface area contributed by atoms with E-state index in [1.54, 1.807) is 35.0 Å². The number of rotatable bonds is 1. The van der Waals surface area contributed by atoms with Crippen molar-refractivity contribution in [2.45, 2.75) is 38.1 Å². The zero-order chi connectivity index (χ0) is 15.0. The lowest BCUT2D eigenvalue weighted by Gasteiger charge is -2.33. The van der Waals surface area contributed by atoms with Crippen LogP contribution in [0.4, 0.5) is 5.69 Å². The molecule has 1 aromatic carbocycles. The Morgan fingerprint density at radius 3 is 2.57 bits per heavy atom. The lowest BCUT2D eigenvalue weighted by molar-refractivity contribution is -0.119. The molecule has 2 amide bonds. The van der Waals surface area contributed by atoms with Gasteiger partial charge in [-0.25, -0.2) is 0 Å². The number of halogens is 1. The second-order valence-electron chi connectivity index (χ2n) is 5.84. The third-order valence-electron chi connectivity index (χ3n) is 4.51. The molecule has 0 spiro atoms. The number of fused-ring (bicyclic) bond motifs is 1. The molecule has 1 heterocycles. The van der Waals surface area contributed by atoms with Crippen LogP contribution in [0.3, 0.4) is 0 Å². The van der Waals surface area contributed by atoms with E-state index in [1.807, 2.05) is 0 Å². The van der Waals surface area contributed by atoms with Crippen LogP contribution in [0, 0.1) is 0 Å². The number of nitrogens with zero attached hydrogens (tertiary/aromatic N) is 2. The Bertz CT molecular complexity index is 582. The Kier molecular flexibility index (Phi) is 3.89. The number of benzene rings is 1. The fourth-order valence-electron chi connectivity index (χ4n) is 3.27. The van der Waals surface area contributed by atoms with Crippen LogP contribution in [0.15, 0.2) is 18.2 Å². The molecule has 21 heavy (non-hydrogen) atoms. The molecule has 112 valence electrons. The van der Waals surface area contributed by atoms with Gasteiger partial charge in [-0.15, -0.1) is 0 Å². The molecule has 0 aromatic heterocycles. The molecule has 1 fully saturated rings. The van der Waals surface area contributed by atoms with Gasteiger partial charge in [0.25, 0.3) is 5.91 Å². The molecule has 0 bridgehead atoms. The van der Waals surface area contributed by atoms with Crippen molar-refractivity contribution >= 4 is 29.1 Å². The first-order valence-corrected chi connectivity index (χ1v) is 7.83.